The van der Waals surface area contributed by atoms with Crippen LogP contribution in [0.5, 0.6) is 11.5 Å². The maximum atomic E-state index is 13.2. The number of amides is 1. The maximum absolute atomic E-state index is 13.2. The molecule has 3 aromatic rings. The summed E-state index contributed by atoms with van der Waals surface area (Å²) in [5.74, 6) is 1.24. The first-order valence-corrected chi connectivity index (χ1v) is 10.5. The summed E-state index contributed by atoms with van der Waals surface area (Å²) < 4.78 is 12.5. The summed E-state index contributed by atoms with van der Waals surface area (Å²) >= 11 is 0. The number of ether oxygens (including phenoxy) is 2. The van der Waals surface area contributed by atoms with Gasteiger partial charge in [-0.3, -0.25) is 14.9 Å². The van der Waals surface area contributed by atoms with Crippen molar-refractivity contribution >= 4 is 17.3 Å². The average Bonchev–Trinajstić information content (AvgIpc) is 3.54. The van der Waals surface area contributed by atoms with Gasteiger partial charge in [0.25, 0.3) is 11.6 Å². The highest BCUT2D eigenvalue weighted by Gasteiger charge is 2.27. The van der Waals surface area contributed by atoms with Gasteiger partial charge in [0.1, 0.15) is 29.1 Å². The zero-order valence-corrected chi connectivity index (χ0v) is 18.6. The number of rotatable bonds is 9. The fourth-order valence-corrected chi connectivity index (χ4v) is 3.56. The first-order valence-electron chi connectivity index (χ1n) is 10.5. The lowest BCUT2D eigenvalue weighted by atomic mass is 10.0. The van der Waals surface area contributed by atoms with Crippen LogP contribution in [0.2, 0.25) is 0 Å². The van der Waals surface area contributed by atoms with E-state index in [1.807, 2.05) is 7.05 Å². The number of aromatic nitrogens is 2. The lowest BCUT2D eigenvalue weighted by Crippen LogP contribution is -2.31. The molecule has 0 saturated heterocycles. The Morgan fingerprint density at radius 3 is 2.42 bits per heavy atom. The summed E-state index contributed by atoms with van der Waals surface area (Å²) in [6.07, 6.45) is 5.37. The third kappa shape index (κ3) is 4.89. The number of nitro groups is 1. The van der Waals surface area contributed by atoms with Crippen LogP contribution in [0.3, 0.4) is 0 Å². The molecule has 172 valence electrons. The van der Waals surface area contributed by atoms with Gasteiger partial charge >= 0.3 is 0 Å². The molecule has 0 aliphatic heterocycles. The second kappa shape index (κ2) is 9.19. The molecule has 0 radical (unpaired) electrons. The number of hydrogen-bond donors (Lipinski definition) is 2. The van der Waals surface area contributed by atoms with Crippen LogP contribution in [-0.4, -0.2) is 40.6 Å². The monoisotopic (exact) mass is 451 g/mol. The number of carbonyl (C=O) groups is 1. The van der Waals surface area contributed by atoms with Crippen LogP contribution in [0.1, 0.15) is 40.6 Å². The molecule has 1 heterocycles. The van der Waals surface area contributed by atoms with Crippen LogP contribution in [0.25, 0.3) is 0 Å². The number of nitrogens with zero attached hydrogens (tertiary/aromatic N) is 3. The van der Waals surface area contributed by atoms with Crippen molar-refractivity contribution in [2.45, 2.75) is 24.9 Å². The van der Waals surface area contributed by atoms with Crippen molar-refractivity contribution in [3.8, 4) is 11.5 Å². The molecule has 2 aromatic carbocycles. The van der Waals surface area contributed by atoms with E-state index in [-0.39, 0.29) is 17.3 Å². The van der Waals surface area contributed by atoms with E-state index < -0.39 is 16.9 Å². The van der Waals surface area contributed by atoms with Crippen LogP contribution in [0.4, 0.5) is 11.4 Å². The Hall–Kier alpha value is -4.08. The van der Waals surface area contributed by atoms with Crippen molar-refractivity contribution in [3.63, 3.8) is 0 Å². The van der Waals surface area contributed by atoms with Crippen LogP contribution >= 0.6 is 0 Å². The van der Waals surface area contributed by atoms with Crippen molar-refractivity contribution in [2.75, 3.05) is 19.5 Å². The molecule has 33 heavy (non-hydrogen) atoms. The molecule has 0 bridgehead atoms. The number of nitrogens with one attached hydrogen (secondary N) is 2. The number of nitro benzene ring substituents is 1. The topological polar surface area (TPSA) is 121 Å². The molecule has 1 aliphatic rings. The highest BCUT2D eigenvalue weighted by Crippen LogP contribution is 2.33. The van der Waals surface area contributed by atoms with Crippen molar-refractivity contribution in [1.29, 1.82) is 0 Å². The molecule has 10 nitrogen and oxygen atoms in total. The third-order valence-electron chi connectivity index (χ3n) is 5.49. The molecule has 1 aliphatic carbocycles. The predicted octanol–water partition coefficient (Wildman–Crippen LogP) is 3.44. The molecule has 2 N–H and O–H groups in total. The molecule has 4 rings (SSSR count). The van der Waals surface area contributed by atoms with Crippen molar-refractivity contribution in [2.24, 2.45) is 7.05 Å². The molecule has 1 saturated carbocycles. The Kier molecular flexibility index (Phi) is 6.16. The zero-order chi connectivity index (χ0) is 23.5. The first-order chi connectivity index (χ1) is 15.9. The summed E-state index contributed by atoms with van der Waals surface area (Å²) in [6.45, 7) is 0. The molecule has 10 heteroatoms. The fourth-order valence-electron chi connectivity index (χ4n) is 3.56. The second-order valence-electron chi connectivity index (χ2n) is 7.86. The van der Waals surface area contributed by atoms with E-state index in [9.17, 15) is 14.9 Å². The lowest BCUT2D eigenvalue weighted by Gasteiger charge is -2.21. The van der Waals surface area contributed by atoms with Crippen molar-refractivity contribution in [3.05, 3.63) is 75.9 Å². The van der Waals surface area contributed by atoms with E-state index in [2.05, 4.69) is 15.6 Å². The van der Waals surface area contributed by atoms with E-state index >= 15 is 0 Å². The maximum Gasteiger partial charge on any atom is 0.293 e. The fraction of sp³-hybridized carbons (Fsp3) is 0.304. The number of benzene rings is 2. The van der Waals surface area contributed by atoms with Gasteiger partial charge < -0.3 is 24.7 Å². The van der Waals surface area contributed by atoms with Gasteiger partial charge in [-0.25, -0.2) is 4.98 Å². The quantitative estimate of drug-likeness (QED) is 0.378. The first kappa shape index (κ1) is 22.1. The largest absolute Gasteiger partial charge is 0.497 e. The van der Waals surface area contributed by atoms with Crippen LogP contribution in [0.15, 0.2) is 48.8 Å². The summed E-state index contributed by atoms with van der Waals surface area (Å²) in [5.41, 5.74) is 1.15. The molecule has 1 fully saturated rings. The Labute approximate surface area is 190 Å². The van der Waals surface area contributed by atoms with E-state index in [0.29, 0.717) is 28.6 Å². The minimum Gasteiger partial charge on any atom is -0.497 e. The molecule has 0 spiro atoms. The third-order valence-corrected chi connectivity index (χ3v) is 5.49. The summed E-state index contributed by atoms with van der Waals surface area (Å²) in [7, 11) is 4.91. The van der Waals surface area contributed by atoms with Gasteiger partial charge in [-0.05, 0) is 42.7 Å². The Balaban J connectivity index is 1.68. The Morgan fingerprint density at radius 1 is 1.18 bits per heavy atom. The van der Waals surface area contributed by atoms with E-state index in [4.69, 9.17) is 9.47 Å². The molecule has 1 atom stereocenters. The van der Waals surface area contributed by atoms with Crippen LogP contribution in [0, 0.1) is 10.1 Å². The normalized spacial score (nSPS) is 13.8. The Morgan fingerprint density at radius 2 is 1.88 bits per heavy atom. The van der Waals surface area contributed by atoms with Crippen molar-refractivity contribution < 1.29 is 19.2 Å². The molecule has 1 amide bonds. The average molecular weight is 451 g/mol. The van der Waals surface area contributed by atoms with Crippen LogP contribution in [-0.2, 0) is 7.05 Å². The van der Waals surface area contributed by atoms with E-state index in [1.165, 1.54) is 6.07 Å². The highest BCUT2D eigenvalue weighted by molar-refractivity contribution is 5.96. The van der Waals surface area contributed by atoms with Gasteiger partial charge in [0.2, 0.25) is 0 Å². The zero-order valence-electron chi connectivity index (χ0n) is 18.6. The van der Waals surface area contributed by atoms with Gasteiger partial charge in [0, 0.05) is 43.2 Å². The van der Waals surface area contributed by atoms with Gasteiger partial charge in [0.05, 0.1) is 19.1 Å². The number of imidazole rings is 1. The number of anilines is 1. The minimum absolute atomic E-state index is 0.133. The number of methoxy groups -OCH3 is 2. The van der Waals surface area contributed by atoms with Gasteiger partial charge in [-0.2, -0.15) is 0 Å². The lowest BCUT2D eigenvalue weighted by molar-refractivity contribution is -0.384. The summed E-state index contributed by atoms with van der Waals surface area (Å²) in [4.78, 5) is 28.7. The van der Waals surface area contributed by atoms with Crippen molar-refractivity contribution in [1.82, 2.24) is 14.9 Å². The SMILES string of the molecule is COc1cc(OC)cc([C@H](NC(=O)c2ccc(NC3CC3)c([N+](=O)[O-])c2)c2nccn2C)c1. The second-order valence-corrected chi connectivity index (χ2v) is 7.86. The van der Waals surface area contributed by atoms with E-state index in [0.717, 1.165) is 12.8 Å². The molecule has 0 unspecified atom stereocenters. The molecular formula is C23H25N5O5. The standard InChI is InChI=1S/C23H25N5O5/c1-27-9-8-24-22(27)21(15-10-17(32-2)13-18(11-15)33-3)26-23(29)14-4-7-19(25-16-5-6-16)20(12-14)28(30)31/h4,7-13,16,21,25H,5-6H2,1-3H3,(H,26,29)/t21-/m0/s1. The van der Waals surface area contributed by atoms with E-state index in [1.54, 1.807) is 61.5 Å². The van der Waals surface area contributed by atoms with Crippen LogP contribution < -0.4 is 20.1 Å². The summed E-state index contributed by atoms with van der Waals surface area (Å²) in [5, 5.41) is 17.7. The predicted molar refractivity (Wildman–Crippen MR) is 122 cm³/mol. The van der Waals surface area contributed by atoms with Gasteiger partial charge in [-0.1, -0.05) is 0 Å². The summed E-state index contributed by atoms with van der Waals surface area (Å²) in [6, 6.07) is 9.35. The minimum atomic E-state index is -0.648. The van der Waals surface area contributed by atoms with Gasteiger partial charge in [0.15, 0.2) is 0 Å². The molecule has 1 aromatic heterocycles. The number of hydrogen-bond acceptors (Lipinski definition) is 7. The highest BCUT2D eigenvalue weighted by atomic mass is 16.6. The molecular weight excluding hydrogens is 426 g/mol. The van der Waals surface area contributed by atoms with Gasteiger partial charge in [-0.15, -0.1) is 0 Å². The number of carbonyl (C=O) groups excluding carboxylic acids is 1. The number of aryl methyl sites for hydroxylation is 1. The Bertz CT molecular complexity index is 1170. The smallest absolute Gasteiger partial charge is 0.293 e.